The Kier molecular flexibility index (Phi) is 6.48. The first kappa shape index (κ1) is 19.3. The molecule has 132 valence electrons. The fourth-order valence-corrected chi connectivity index (χ4v) is 3.02. The predicted molar refractivity (Wildman–Crippen MR) is 100 cm³/mol. The first-order valence-electron chi connectivity index (χ1n) is 8.00. The summed E-state index contributed by atoms with van der Waals surface area (Å²) in [4.78, 5) is 0. The molecule has 0 aliphatic carbocycles. The lowest BCUT2D eigenvalue weighted by Crippen LogP contribution is -2.27. The van der Waals surface area contributed by atoms with Crippen molar-refractivity contribution in [3.05, 3.63) is 82.0 Å². The molecule has 2 aromatic rings. The van der Waals surface area contributed by atoms with Crippen LogP contribution in [0.5, 0.6) is 0 Å². The van der Waals surface area contributed by atoms with Crippen LogP contribution in [0, 0.1) is 11.6 Å². The van der Waals surface area contributed by atoms with E-state index in [2.05, 4.69) is 27.8 Å². The number of benzene rings is 2. The molecule has 1 unspecified atom stereocenters. The monoisotopic (exact) mass is 409 g/mol. The quantitative estimate of drug-likeness (QED) is 0.599. The van der Waals surface area contributed by atoms with Crippen LogP contribution in [0.3, 0.4) is 0 Å². The number of allylic oxidation sites excluding steroid dienone is 2. The second-order valence-electron chi connectivity index (χ2n) is 5.29. The van der Waals surface area contributed by atoms with Gasteiger partial charge in [-0.1, -0.05) is 66.7 Å². The largest absolute Gasteiger partial charge is 0.356 e. The van der Waals surface area contributed by atoms with Crippen LogP contribution in [-0.2, 0) is 0 Å². The van der Waals surface area contributed by atoms with Gasteiger partial charge < -0.3 is 5.32 Å². The van der Waals surface area contributed by atoms with E-state index in [-0.39, 0.29) is 23.4 Å². The van der Waals surface area contributed by atoms with Gasteiger partial charge >= 0.3 is 0 Å². The molecule has 0 saturated heterocycles. The van der Waals surface area contributed by atoms with Crippen molar-refractivity contribution in [1.82, 2.24) is 5.32 Å². The van der Waals surface area contributed by atoms with E-state index in [4.69, 9.17) is 0 Å². The molecular weight excluding hydrogens is 391 g/mol. The van der Waals surface area contributed by atoms with Gasteiger partial charge in [-0.25, -0.2) is 13.2 Å². The van der Waals surface area contributed by atoms with Crippen molar-refractivity contribution in [3.8, 4) is 0 Å². The molecule has 25 heavy (non-hydrogen) atoms. The molecule has 1 aliphatic heterocycles. The maximum absolute atomic E-state index is 14.3. The van der Waals surface area contributed by atoms with Crippen molar-refractivity contribution in [2.24, 2.45) is 0 Å². The van der Waals surface area contributed by atoms with Gasteiger partial charge in [0.05, 0.1) is 11.3 Å². The molecule has 0 aromatic heterocycles. The number of hydrogen-bond acceptors (Lipinski definition) is 1. The first-order chi connectivity index (χ1) is 12.0. The van der Waals surface area contributed by atoms with Crippen molar-refractivity contribution in [2.45, 2.75) is 26.4 Å². The number of alkyl halides is 1. The van der Waals surface area contributed by atoms with E-state index in [0.717, 1.165) is 0 Å². The minimum atomic E-state index is -1.31. The topological polar surface area (TPSA) is 12.0 Å². The molecule has 5 heteroatoms. The fourth-order valence-electron chi connectivity index (χ4n) is 2.61. The summed E-state index contributed by atoms with van der Waals surface area (Å²) in [5.41, 5.74) is 1.34. The van der Waals surface area contributed by atoms with Gasteiger partial charge in [0, 0.05) is 16.6 Å². The van der Waals surface area contributed by atoms with Gasteiger partial charge in [-0.2, -0.15) is 0 Å². The van der Waals surface area contributed by atoms with Gasteiger partial charge in [0.15, 0.2) is 0 Å². The normalized spacial score (nSPS) is 16.9. The van der Waals surface area contributed by atoms with Gasteiger partial charge in [0.2, 0.25) is 0 Å². The summed E-state index contributed by atoms with van der Waals surface area (Å²) in [7, 11) is 0. The van der Waals surface area contributed by atoms with Gasteiger partial charge in [0.25, 0.3) is 0 Å². The Morgan fingerprint density at radius 2 is 1.64 bits per heavy atom. The average molecular weight is 410 g/mol. The van der Waals surface area contributed by atoms with E-state index in [1.807, 2.05) is 19.9 Å². The Balaban J connectivity index is 0.00000109. The van der Waals surface area contributed by atoms with E-state index < -0.39 is 17.8 Å². The highest BCUT2D eigenvalue weighted by molar-refractivity contribution is 9.10. The summed E-state index contributed by atoms with van der Waals surface area (Å²) in [5.74, 6) is -1.45. The molecule has 0 bridgehead atoms. The van der Waals surface area contributed by atoms with Crippen LogP contribution in [0.2, 0.25) is 0 Å². The lowest BCUT2D eigenvalue weighted by molar-refractivity contribution is 0.374. The number of halogens is 4. The van der Waals surface area contributed by atoms with Crippen molar-refractivity contribution < 1.29 is 13.2 Å². The lowest BCUT2D eigenvalue weighted by Gasteiger charge is -2.27. The predicted octanol–water partition coefficient (Wildman–Crippen LogP) is 6.47. The summed E-state index contributed by atoms with van der Waals surface area (Å²) >= 11 is 3.06. The SMILES string of the molecule is C=C1NC(c2c(F)cc(Br)cc2F)=C(c2ccccc2)CC1F.CC. The second-order valence-corrected chi connectivity index (χ2v) is 6.20. The first-order valence-corrected chi connectivity index (χ1v) is 8.80. The Labute approximate surface area is 154 Å². The van der Waals surface area contributed by atoms with Crippen molar-refractivity contribution in [2.75, 3.05) is 0 Å². The Bertz CT molecular complexity index is 777. The van der Waals surface area contributed by atoms with Crippen LogP contribution in [0.15, 0.2) is 59.2 Å². The van der Waals surface area contributed by atoms with Crippen LogP contribution in [0.1, 0.15) is 31.4 Å². The molecule has 0 amide bonds. The molecule has 1 atom stereocenters. The van der Waals surface area contributed by atoms with Crippen LogP contribution in [0.25, 0.3) is 11.3 Å². The van der Waals surface area contributed by atoms with Crippen molar-refractivity contribution >= 4 is 27.2 Å². The molecule has 1 nitrogen and oxygen atoms in total. The van der Waals surface area contributed by atoms with Crippen molar-refractivity contribution in [1.29, 1.82) is 0 Å². The Morgan fingerprint density at radius 1 is 1.08 bits per heavy atom. The fraction of sp³-hybridized carbons (Fsp3) is 0.200. The molecular formula is C20H19BrF3N. The molecule has 1 aliphatic rings. The summed E-state index contributed by atoms with van der Waals surface area (Å²) in [6, 6.07) is 11.3. The standard InChI is InChI=1S/C18H13BrF3N.C2H6/c1-10-14(20)9-13(11-5-3-2-4-6-11)18(23-10)17-15(21)7-12(19)8-16(17)22;1-2/h2-8,14,23H,1,9H2;1-2H3. The lowest BCUT2D eigenvalue weighted by atomic mass is 9.90. The molecule has 2 aromatic carbocycles. The van der Waals surface area contributed by atoms with Crippen LogP contribution < -0.4 is 5.32 Å². The van der Waals surface area contributed by atoms with E-state index >= 15 is 0 Å². The maximum Gasteiger partial charge on any atom is 0.143 e. The van der Waals surface area contributed by atoms with Crippen LogP contribution in [-0.4, -0.2) is 6.17 Å². The van der Waals surface area contributed by atoms with E-state index in [0.29, 0.717) is 15.6 Å². The highest BCUT2D eigenvalue weighted by Crippen LogP contribution is 2.37. The van der Waals surface area contributed by atoms with E-state index in [1.54, 1.807) is 24.3 Å². The van der Waals surface area contributed by atoms with Gasteiger partial charge in [-0.3, -0.25) is 0 Å². The maximum atomic E-state index is 14.3. The molecule has 1 heterocycles. The van der Waals surface area contributed by atoms with Crippen LogP contribution >= 0.6 is 15.9 Å². The highest BCUT2D eigenvalue weighted by atomic mass is 79.9. The van der Waals surface area contributed by atoms with Gasteiger partial charge in [-0.15, -0.1) is 0 Å². The average Bonchev–Trinajstić information content (AvgIpc) is 2.59. The Morgan fingerprint density at radius 3 is 2.20 bits per heavy atom. The molecule has 3 rings (SSSR count). The minimum absolute atomic E-state index is 0.0140. The zero-order valence-electron chi connectivity index (χ0n) is 14.0. The molecule has 1 N–H and O–H groups in total. The van der Waals surface area contributed by atoms with Crippen molar-refractivity contribution in [3.63, 3.8) is 0 Å². The summed E-state index contributed by atoms with van der Waals surface area (Å²) in [5, 5.41) is 2.75. The smallest absolute Gasteiger partial charge is 0.143 e. The molecule has 0 saturated carbocycles. The summed E-state index contributed by atoms with van der Waals surface area (Å²) in [6.45, 7) is 7.60. The summed E-state index contributed by atoms with van der Waals surface area (Å²) in [6.07, 6.45) is -1.30. The summed E-state index contributed by atoms with van der Waals surface area (Å²) < 4.78 is 43.1. The minimum Gasteiger partial charge on any atom is -0.356 e. The zero-order valence-corrected chi connectivity index (χ0v) is 15.6. The van der Waals surface area contributed by atoms with E-state index in [9.17, 15) is 13.2 Å². The number of hydrogen-bond donors (Lipinski definition) is 1. The molecule has 0 fully saturated rings. The molecule has 0 spiro atoms. The third-order valence-corrected chi connectivity index (χ3v) is 4.19. The number of rotatable bonds is 2. The third kappa shape index (κ3) is 4.15. The van der Waals surface area contributed by atoms with Crippen LogP contribution in [0.4, 0.5) is 13.2 Å². The highest BCUT2D eigenvalue weighted by Gasteiger charge is 2.28. The third-order valence-electron chi connectivity index (χ3n) is 3.73. The zero-order chi connectivity index (χ0) is 18.6. The van der Waals surface area contributed by atoms with E-state index in [1.165, 1.54) is 12.1 Å². The van der Waals surface area contributed by atoms with Gasteiger partial charge in [-0.05, 0) is 23.3 Å². The van der Waals surface area contributed by atoms with Gasteiger partial charge in [0.1, 0.15) is 17.8 Å². The number of nitrogens with one attached hydrogen (secondary N) is 1. The molecule has 0 radical (unpaired) electrons. The second kappa shape index (κ2) is 8.39. The Hall–Kier alpha value is -2.01.